The molecule has 1 heterocycles. The molecule has 0 aromatic rings. The van der Waals surface area contributed by atoms with Crippen molar-refractivity contribution in [2.75, 3.05) is 19.8 Å². The van der Waals surface area contributed by atoms with Gasteiger partial charge < -0.3 is 15.0 Å². The molecule has 0 spiro atoms. The Bertz CT molecular complexity index is 291. The minimum Gasteiger partial charge on any atom is -0.380 e. The molecule has 1 fully saturated rings. The van der Waals surface area contributed by atoms with Crippen LogP contribution in [0.15, 0.2) is 0 Å². The Kier molecular flexibility index (Phi) is 4.93. The number of hydrogen-bond acceptors (Lipinski definition) is 3. The van der Waals surface area contributed by atoms with Gasteiger partial charge in [0.15, 0.2) is 0 Å². The number of ether oxygens (including phenoxy) is 1. The highest BCUT2D eigenvalue weighted by Gasteiger charge is 2.36. The summed E-state index contributed by atoms with van der Waals surface area (Å²) < 4.78 is 5.30. The van der Waals surface area contributed by atoms with E-state index in [1.165, 1.54) is 0 Å². The number of hydrogen-bond donors (Lipinski definition) is 1. The molecule has 0 aromatic carbocycles. The number of nitrogens with zero attached hydrogens (tertiary/aromatic N) is 1. The van der Waals surface area contributed by atoms with Crippen molar-refractivity contribution in [3.63, 3.8) is 0 Å². The lowest BCUT2D eigenvalue weighted by Gasteiger charge is -2.37. The lowest BCUT2D eigenvalue weighted by molar-refractivity contribution is -0.148. The van der Waals surface area contributed by atoms with Gasteiger partial charge in [0.25, 0.3) is 0 Å². The molecule has 0 radical (unpaired) electrons. The highest BCUT2D eigenvalue weighted by molar-refractivity contribution is 5.95. The number of carbonyl (C=O) groups is 2. The molecule has 5 heteroatoms. The summed E-state index contributed by atoms with van der Waals surface area (Å²) in [5.74, 6) is 0.00648. The highest BCUT2D eigenvalue weighted by Crippen LogP contribution is 2.13. The Hall–Kier alpha value is -1.10. The van der Waals surface area contributed by atoms with Crippen LogP contribution in [0, 0.1) is 5.92 Å². The maximum absolute atomic E-state index is 12.2. The van der Waals surface area contributed by atoms with E-state index in [0.717, 1.165) is 0 Å². The van der Waals surface area contributed by atoms with Gasteiger partial charge in [0.2, 0.25) is 11.8 Å². The van der Waals surface area contributed by atoms with Crippen molar-refractivity contribution in [1.29, 1.82) is 0 Å². The normalized spacial score (nSPS) is 22.9. The van der Waals surface area contributed by atoms with Gasteiger partial charge in [-0.1, -0.05) is 13.8 Å². The van der Waals surface area contributed by atoms with Crippen LogP contribution in [0.2, 0.25) is 0 Å². The summed E-state index contributed by atoms with van der Waals surface area (Å²) in [6.45, 7) is 8.90. The van der Waals surface area contributed by atoms with Gasteiger partial charge in [-0.3, -0.25) is 9.59 Å². The lowest BCUT2D eigenvalue weighted by Crippen LogP contribution is -2.62. The maximum atomic E-state index is 12.2. The molecule has 98 valence electrons. The van der Waals surface area contributed by atoms with E-state index in [9.17, 15) is 9.59 Å². The van der Waals surface area contributed by atoms with Gasteiger partial charge >= 0.3 is 0 Å². The van der Waals surface area contributed by atoms with Crippen LogP contribution in [0.5, 0.6) is 0 Å². The Labute approximate surface area is 102 Å². The van der Waals surface area contributed by atoms with Gasteiger partial charge in [-0.2, -0.15) is 0 Å². The molecule has 17 heavy (non-hydrogen) atoms. The van der Waals surface area contributed by atoms with Gasteiger partial charge in [0.1, 0.15) is 6.04 Å². The molecular weight excluding hydrogens is 220 g/mol. The SMILES string of the molecule is CCOCC(C)N1CC(=O)NC(C(C)C)C1=O. The smallest absolute Gasteiger partial charge is 0.246 e. The van der Waals surface area contributed by atoms with Crippen molar-refractivity contribution in [3.8, 4) is 0 Å². The molecule has 2 unspecified atom stereocenters. The van der Waals surface area contributed by atoms with Gasteiger partial charge in [-0.15, -0.1) is 0 Å². The number of rotatable bonds is 5. The largest absolute Gasteiger partial charge is 0.380 e. The quantitative estimate of drug-likeness (QED) is 0.759. The van der Waals surface area contributed by atoms with Gasteiger partial charge in [0.05, 0.1) is 19.2 Å². The summed E-state index contributed by atoms with van der Waals surface area (Å²) in [6.07, 6.45) is 0. The van der Waals surface area contributed by atoms with Crippen LogP contribution in [0.25, 0.3) is 0 Å². The molecule has 0 saturated carbocycles. The minimum absolute atomic E-state index is 0.00759. The van der Waals surface area contributed by atoms with E-state index in [-0.39, 0.29) is 30.3 Å². The molecule has 1 rings (SSSR count). The molecule has 1 saturated heterocycles. The van der Waals surface area contributed by atoms with Crippen molar-refractivity contribution >= 4 is 11.8 Å². The third-order valence-electron chi connectivity index (χ3n) is 2.94. The van der Waals surface area contributed by atoms with Crippen LogP contribution >= 0.6 is 0 Å². The van der Waals surface area contributed by atoms with Crippen LogP contribution in [-0.2, 0) is 14.3 Å². The minimum atomic E-state index is -0.402. The fourth-order valence-corrected chi connectivity index (χ4v) is 1.90. The van der Waals surface area contributed by atoms with Crippen molar-refractivity contribution in [3.05, 3.63) is 0 Å². The van der Waals surface area contributed by atoms with Crippen LogP contribution in [-0.4, -0.2) is 48.6 Å². The molecule has 5 nitrogen and oxygen atoms in total. The first-order valence-corrected chi connectivity index (χ1v) is 6.15. The maximum Gasteiger partial charge on any atom is 0.246 e. The summed E-state index contributed by atoms with van der Waals surface area (Å²) in [5.41, 5.74) is 0. The first-order valence-electron chi connectivity index (χ1n) is 6.15. The van der Waals surface area contributed by atoms with Crippen LogP contribution in [0.4, 0.5) is 0 Å². The van der Waals surface area contributed by atoms with E-state index in [4.69, 9.17) is 4.74 Å². The summed E-state index contributed by atoms with van der Waals surface area (Å²) in [6, 6.07) is -0.463. The molecule has 2 atom stereocenters. The van der Waals surface area contributed by atoms with E-state index < -0.39 is 6.04 Å². The Morgan fingerprint density at radius 1 is 1.41 bits per heavy atom. The molecule has 1 N–H and O–H groups in total. The summed E-state index contributed by atoms with van der Waals surface area (Å²) in [5, 5.41) is 2.74. The zero-order valence-corrected chi connectivity index (χ0v) is 11.0. The molecule has 1 aliphatic rings. The van der Waals surface area contributed by atoms with Crippen molar-refractivity contribution < 1.29 is 14.3 Å². The molecule has 1 aliphatic heterocycles. The first-order chi connectivity index (χ1) is 7.97. The van der Waals surface area contributed by atoms with Gasteiger partial charge in [-0.05, 0) is 19.8 Å². The molecule has 0 aliphatic carbocycles. The second-order valence-electron chi connectivity index (χ2n) is 4.76. The zero-order valence-electron chi connectivity index (χ0n) is 11.0. The summed E-state index contributed by atoms with van der Waals surface area (Å²) in [7, 11) is 0. The van der Waals surface area contributed by atoms with Crippen LogP contribution in [0.1, 0.15) is 27.7 Å². The third-order valence-corrected chi connectivity index (χ3v) is 2.94. The number of amides is 2. The van der Waals surface area contributed by atoms with Crippen molar-refractivity contribution in [2.24, 2.45) is 5.92 Å². The average molecular weight is 242 g/mol. The Morgan fingerprint density at radius 2 is 2.06 bits per heavy atom. The fraction of sp³-hybridized carbons (Fsp3) is 0.833. The second-order valence-corrected chi connectivity index (χ2v) is 4.76. The second kappa shape index (κ2) is 6.00. The monoisotopic (exact) mass is 242 g/mol. The molecule has 2 amide bonds. The van der Waals surface area contributed by atoms with E-state index in [1.54, 1.807) is 4.90 Å². The van der Waals surface area contributed by atoms with E-state index >= 15 is 0 Å². The van der Waals surface area contributed by atoms with Crippen molar-refractivity contribution in [2.45, 2.75) is 39.8 Å². The highest BCUT2D eigenvalue weighted by atomic mass is 16.5. The van der Waals surface area contributed by atoms with Gasteiger partial charge in [-0.25, -0.2) is 0 Å². The van der Waals surface area contributed by atoms with Crippen LogP contribution < -0.4 is 5.32 Å². The van der Waals surface area contributed by atoms with E-state index in [0.29, 0.717) is 13.2 Å². The standard InChI is InChI=1S/C12H22N2O3/c1-5-17-7-9(4)14-6-10(15)13-11(8(2)3)12(14)16/h8-9,11H,5-7H2,1-4H3,(H,13,15). The first kappa shape index (κ1) is 14.0. The Balaban J connectivity index is 2.70. The topological polar surface area (TPSA) is 58.6 Å². The lowest BCUT2D eigenvalue weighted by atomic mass is 10.00. The number of nitrogens with one attached hydrogen (secondary N) is 1. The molecule has 0 bridgehead atoms. The fourth-order valence-electron chi connectivity index (χ4n) is 1.90. The van der Waals surface area contributed by atoms with Crippen molar-refractivity contribution in [1.82, 2.24) is 10.2 Å². The van der Waals surface area contributed by atoms with Crippen LogP contribution in [0.3, 0.4) is 0 Å². The average Bonchev–Trinajstić information content (AvgIpc) is 2.28. The summed E-state index contributed by atoms with van der Waals surface area (Å²) in [4.78, 5) is 25.3. The summed E-state index contributed by atoms with van der Waals surface area (Å²) >= 11 is 0. The number of carbonyl (C=O) groups excluding carboxylic acids is 2. The third kappa shape index (κ3) is 3.43. The number of piperazine rings is 1. The van der Waals surface area contributed by atoms with E-state index in [1.807, 2.05) is 27.7 Å². The predicted octanol–water partition coefficient (Wildman–Crippen LogP) is 0.394. The Morgan fingerprint density at radius 3 is 2.59 bits per heavy atom. The molecular formula is C12H22N2O3. The van der Waals surface area contributed by atoms with Gasteiger partial charge in [0, 0.05) is 6.61 Å². The molecule has 0 aromatic heterocycles. The van der Waals surface area contributed by atoms with E-state index in [2.05, 4.69) is 5.32 Å². The zero-order chi connectivity index (χ0) is 13.0. The predicted molar refractivity (Wildman–Crippen MR) is 64.4 cm³/mol.